The molecule has 7 nitrogen and oxygen atoms in total. The van der Waals surface area contributed by atoms with Crippen LogP contribution in [0.5, 0.6) is 0 Å². The number of hydrogen-bond acceptors (Lipinski definition) is 4. The van der Waals surface area contributed by atoms with E-state index < -0.39 is 56.9 Å². The van der Waals surface area contributed by atoms with E-state index in [4.69, 9.17) is 34.8 Å². The highest BCUT2D eigenvalue weighted by Gasteiger charge is 2.37. The molecule has 1 N–H and O–H groups in total. The molecule has 248 valence electrons. The van der Waals surface area contributed by atoms with E-state index in [2.05, 4.69) is 5.32 Å². The summed E-state index contributed by atoms with van der Waals surface area (Å²) in [4.78, 5) is 28.5. The fourth-order valence-electron chi connectivity index (χ4n) is 5.24. The van der Waals surface area contributed by atoms with E-state index in [0.717, 1.165) is 49.8 Å². The molecule has 3 aromatic carbocycles. The summed E-state index contributed by atoms with van der Waals surface area (Å²) in [6.07, 6.45) is -0.339. The van der Waals surface area contributed by atoms with Gasteiger partial charge in [-0.25, -0.2) is 8.42 Å². The SMILES string of the molecule is Cc1ccc(S(=O)(=O)N(CC(=O)N(Cc2ccc(Cl)c(Cl)c2)[C@@H](C)C(=O)NC2CCCCC2)c2ccc(Cl)c(C(F)(F)F)c2)cc1. The lowest BCUT2D eigenvalue weighted by Crippen LogP contribution is -2.53. The van der Waals surface area contributed by atoms with Gasteiger partial charge in [0.2, 0.25) is 11.8 Å². The molecule has 1 aliphatic carbocycles. The first-order valence-corrected chi connectivity index (χ1v) is 17.1. The molecule has 1 fully saturated rings. The highest BCUT2D eigenvalue weighted by molar-refractivity contribution is 7.92. The quantitative estimate of drug-likeness (QED) is 0.230. The van der Waals surface area contributed by atoms with Gasteiger partial charge in [0, 0.05) is 12.6 Å². The van der Waals surface area contributed by atoms with Gasteiger partial charge >= 0.3 is 6.18 Å². The normalized spacial score (nSPS) is 14.9. The van der Waals surface area contributed by atoms with E-state index in [0.29, 0.717) is 15.9 Å². The molecule has 1 atom stereocenters. The summed E-state index contributed by atoms with van der Waals surface area (Å²) in [6.45, 7) is 2.17. The Morgan fingerprint density at radius 3 is 2.15 bits per heavy atom. The van der Waals surface area contributed by atoms with Gasteiger partial charge in [-0.1, -0.05) is 77.8 Å². The number of alkyl halides is 3. The van der Waals surface area contributed by atoms with Crippen LogP contribution in [0, 0.1) is 6.92 Å². The third-order valence-corrected chi connectivity index (χ3v) is 10.7. The third-order valence-electron chi connectivity index (χ3n) is 7.89. The molecule has 3 aromatic rings. The average Bonchev–Trinajstić information content (AvgIpc) is 3.00. The second-order valence-corrected chi connectivity index (χ2v) is 14.4. The summed E-state index contributed by atoms with van der Waals surface area (Å²) in [5.41, 5.74) is -0.451. The van der Waals surface area contributed by atoms with Crippen molar-refractivity contribution in [3.8, 4) is 0 Å². The second kappa shape index (κ2) is 14.8. The molecule has 1 aliphatic rings. The standard InChI is InChI=1S/C32H33Cl3F3N3O4S/c1-20-8-12-25(13-9-20)46(44,45)41(24-11-15-27(33)26(17-24)32(36,37)38)19-30(42)40(18-22-10-14-28(34)29(35)16-22)21(2)31(43)39-23-6-4-3-5-7-23/h8-17,21,23H,3-7,18-19H2,1-2H3,(H,39,43)/t21-/m0/s1. The van der Waals surface area contributed by atoms with E-state index in [1.54, 1.807) is 13.0 Å². The van der Waals surface area contributed by atoms with Gasteiger partial charge in [-0.05, 0) is 74.7 Å². The minimum absolute atomic E-state index is 0.0705. The molecule has 0 unspecified atom stereocenters. The van der Waals surface area contributed by atoms with Crippen molar-refractivity contribution in [2.75, 3.05) is 10.8 Å². The highest BCUT2D eigenvalue weighted by atomic mass is 35.5. The Balaban J connectivity index is 1.76. The molecule has 4 rings (SSSR count). The lowest BCUT2D eigenvalue weighted by Gasteiger charge is -2.33. The van der Waals surface area contributed by atoms with E-state index in [1.165, 1.54) is 48.2 Å². The fourth-order valence-corrected chi connectivity index (χ4v) is 7.19. The van der Waals surface area contributed by atoms with Gasteiger partial charge in [-0.2, -0.15) is 13.2 Å². The number of anilines is 1. The molecule has 0 aromatic heterocycles. The van der Waals surface area contributed by atoms with Crippen LogP contribution in [0.2, 0.25) is 15.1 Å². The first kappa shape index (κ1) is 35.9. The zero-order valence-corrected chi connectivity index (χ0v) is 28.2. The molecule has 2 amide bonds. The van der Waals surface area contributed by atoms with Crippen LogP contribution in [0.3, 0.4) is 0 Å². The molecule has 1 saturated carbocycles. The maximum absolute atomic E-state index is 14.1. The fraction of sp³-hybridized carbons (Fsp3) is 0.375. The third kappa shape index (κ3) is 8.67. The van der Waals surface area contributed by atoms with E-state index in [9.17, 15) is 31.2 Å². The van der Waals surface area contributed by atoms with Crippen LogP contribution >= 0.6 is 34.8 Å². The van der Waals surface area contributed by atoms with Gasteiger partial charge in [-0.3, -0.25) is 13.9 Å². The average molecular weight is 719 g/mol. The Bertz CT molecular complexity index is 1680. The van der Waals surface area contributed by atoms with Crippen molar-refractivity contribution < 1.29 is 31.2 Å². The predicted molar refractivity (Wildman–Crippen MR) is 174 cm³/mol. The van der Waals surface area contributed by atoms with Crippen LogP contribution in [0.1, 0.15) is 55.7 Å². The van der Waals surface area contributed by atoms with Crippen molar-refractivity contribution in [1.82, 2.24) is 10.2 Å². The second-order valence-electron chi connectivity index (χ2n) is 11.3. The number of nitrogens with one attached hydrogen (secondary N) is 1. The van der Waals surface area contributed by atoms with Crippen molar-refractivity contribution >= 4 is 62.3 Å². The van der Waals surface area contributed by atoms with Crippen LogP contribution in [0.4, 0.5) is 18.9 Å². The summed E-state index contributed by atoms with van der Waals surface area (Å²) in [5, 5.41) is 2.82. The van der Waals surface area contributed by atoms with Crippen molar-refractivity contribution in [2.45, 2.75) is 75.7 Å². The van der Waals surface area contributed by atoms with E-state index in [-0.39, 0.29) is 27.5 Å². The van der Waals surface area contributed by atoms with Crippen molar-refractivity contribution in [3.05, 3.63) is 92.4 Å². The van der Waals surface area contributed by atoms with Crippen molar-refractivity contribution in [1.29, 1.82) is 0 Å². The Labute approximate surface area is 281 Å². The number of rotatable bonds is 10. The number of carbonyl (C=O) groups excluding carboxylic acids is 2. The lowest BCUT2D eigenvalue weighted by molar-refractivity contribution is -0.139. The minimum Gasteiger partial charge on any atom is -0.352 e. The predicted octanol–water partition coefficient (Wildman–Crippen LogP) is 8.04. The summed E-state index contributed by atoms with van der Waals surface area (Å²) in [5.74, 6) is -1.28. The zero-order chi connectivity index (χ0) is 33.8. The van der Waals surface area contributed by atoms with E-state index >= 15 is 0 Å². The van der Waals surface area contributed by atoms with Crippen LogP contribution in [0.25, 0.3) is 0 Å². The molecule has 0 saturated heterocycles. The molecular weight excluding hydrogens is 686 g/mol. The van der Waals surface area contributed by atoms with Crippen LogP contribution in [-0.2, 0) is 32.3 Å². The number of halogens is 6. The number of aryl methyl sites for hydroxylation is 1. The molecule has 0 spiro atoms. The molecule has 0 radical (unpaired) electrons. The summed E-state index contributed by atoms with van der Waals surface area (Å²) in [6, 6.07) is 11.8. The highest BCUT2D eigenvalue weighted by Crippen LogP contribution is 2.38. The number of sulfonamides is 1. The summed E-state index contributed by atoms with van der Waals surface area (Å²) in [7, 11) is -4.59. The van der Waals surface area contributed by atoms with Gasteiger partial charge in [0.25, 0.3) is 10.0 Å². The molecule has 14 heteroatoms. The molecule has 0 heterocycles. The van der Waals surface area contributed by atoms with Gasteiger partial charge in [0.15, 0.2) is 0 Å². The smallest absolute Gasteiger partial charge is 0.352 e. The molecule has 0 bridgehead atoms. The van der Waals surface area contributed by atoms with Crippen molar-refractivity contribution in [2.24, 2.45) is 0 Å². The first-order chi connectivity index (χ1) is 21.6. The summed E-state index contributed by atoms with van der Waals surface area (Å²) >= 11 is 18.1. The monoisotopic (exact) mass is 717 g/mol. The maximum atomic E-state index is 14.1. The molecule has 0 aliphatic heterocycles. The van der Waals surface area contributed by atoms with Crippen LogP contribution < -0.4 is 9.62 Å². The molecular formula is C32H33Cl3F3N3O4S. The number of amides is 2. The Kier molecular flexibility index (Phi) is 11.6. The van der Waals surface area contributed by atoms with Gasteiger partial charge < -0.3 is 10.2 Å². The number of carbonyl (C=O) groups is 2. The van der Waals surface area contributed by atoms with E-state index in [1.807, 2.05) is 0 Å². The number of benzene rings is 3. The lowest BCUT2D eigenvalue weighted by atomic mass is 9.95. The number of hydrogen-bond donors (Lipinski definition) is 1. The number of nitrogens with zero attached hydrogens (tertiary/aromatic N) is 2. The zero-order valence-electron chi connectivity index (χ0n) is 25.1. The first-order valence-electron chi connectivity index (χ1n) is 14.6. The van der Waals surface area contributed by atoms with Gasteiger partial charge in [0.05, 0.1) is 31.2 Å². The van der Waals surface area contributed by atoms with Gasteiger partial charge in [-0.15, -0.1) is 0 Å². The Morgan fingerprint density at radius 1 is 0.913 bits per heavy atom. The maximum Gasteiger partial charge on any atom is 0.417 e. The Morgan fingerprint density at radius 2 is 1.54 bits per heavy atom. The minimum atomic E-state index is -4.90. The van der Waals surface area contributed by atoms with Gasteiger partial charge in [0.1, 0.15) is 12.6 Å². The van der Waals surface area contributed by atoms with Crippen molar-refractivity contribution in [3.63, 3.8) is 0 Å². The topological polar surface area (TPSA) is 86.8 Å². The largest absolute Gasteiger partial charge is 0.417 e. The van der Waals surface area contributed by atoms with Crippen LogP contribution in [-0.4, -0.2) is 43.8 Å². The van der Waals surface area contributed by atoms with Crippen LogP contribution in [0.15, 0.2) is 65.6 Å². The summed E-state index contributed by atoms with van der Waals surface area (Å²) < 4.78 is 70.1. The molecule has 46 heavy (non-hydrogen) atoms. The Hall–Kier alpha value is -2.99.